The van der Waals surface area contributed by atoms with Crippen molar-refractivity contribution in [1.29, 1.82) is 0 Å². The van der Waals surface area contributed by atoms with E-state index in [0.717, 1.165) is 12.2 Å². The maximum atomic E-state index is 11.3. The Morgan fingerprint density at radius 1 is 1.62 bits per heavy atom. The summed E-state index contributed by atoms with van der Waals surface area (Å²) in [5.41, 5.74) is 0.831. The van der Waals surface area contributed by atoms with E-state index >= 15 is 0 Å². The van der Waals surface area contributed by atoms with Crippen LogP contribution >= 0.6 is 12.2 Å². The molecule has 0 radical (unpaired) electrons. The second kappa shape index (κ2) is 4.80. The Hall–Kier alpha value is -1.14. The molecule has 1 aromatic rings. The van der Waals surface area contributed by atoms with Crippen LogP contribution in [0.5, 0.6) is 0 Å². The molecule has 3 N–H and O–H groups in total. The van der Waals surface area contributed by atoms with Crippen molar-refractivity contribution in [2.75, 3.05) is 20.6 Å². The van der Waals surface area contributed by atoms with Gasteiger partial charge in [-0.15, -0.1) is 0 Å². The lowest BCUT2D eigenvalue weighted by atomic mass is 9.96. The van der Waals surface area contributed by atoms with Crippen molar-refractivity contribution >= 4 is 18.2 Å². The molecule has 0 bridgehead atoms. The van der Waals surface area contributed by atoms with Crippen LogP contribution in [0.25, 0.3) is 0 Å². The highest BCUT2D eigenvalue weighted by Crippen LogP contribution is 2.12. The van der Waals surface area contributed by atoms with E-state index in [4.69, 9.17) is 12.2 Å². The van der Waals surface area contributed by atoms with Crippen LogP contribution in [0.4, 0.5) is 0 Å². The average Bonchev–Trinajstić information content (AvgIpc) is 2.60. The molecular weight excluding hydrogens is 225 g/mol. The van der Waals surface area contributed by atoms with E-state index in [9.17, 15) is 9.90 Å². The zero-order valence-electron chi connectivity index (χ0n) is 9.78. The summed E-state index contributed by atoms with van der Waals surface area (Å²) in [6.45, 7) is 2.75. The van der Waals surface area contributed by atoms with E-state index < -0.39 is 12.0 Å². The number of quaternary nitrogens is 1. The highest BCUT2D eigenvalue weighted by molar-refractivity contribution is 7.71. The predicted molar refractivity (Wildman–Crippen MR) is 63.8 cm³/mol. The second-order valence-electron chi connectivity index (χ2n) is 4.42. The summed E-state index contributed by atoms with van der Waals surface area (Å²) < 4.78 is 0.974. The largest absolute Gasteiger partial charge is 0.477 e. The van der Waals surface area contributed by atoms with Gasteiger partial charge in [0.05, 0.1) is 27.1 Å². The number of H-pyrrole nitrogens is 2. The van der Waals surface area contributed by atoms with Gasteiger partial charge in [-0.2, -0.15) is 0 Å². The van der Waals surface area contributed by atoms with Crippen LogP contribution in [-0.4, -0.2) is 52.2 Å². The molecule has 1 heterocycles. The number of carboxylic acids is 1. The lowest BCUT2D eigenvalue weighted by molar-refractivity contribution is -0.904. The number of nitrogens with zero attached hydrogens (tertiary/aromatic N) is 1. The normalized spacial score (nSPS) is 13.7. The number of carboxylic acid groups (broad SMARTS) is 1. The fourth-order valence-corrected chi connectivity index (χ4v) is 1.73. The van der Waals surface area contributed by atoms with E-state index in [2.05, 4.69) is 9.97 Å². The number of aromatic amines is 2. The number of rotatable bonds is 5. The molecule has 1 atom stereocenters. The number of carbonyl (C=O) groups is 1. The van der Waals surface area contributed by atoms with Crippen molar-refractivity contribution in [2.45, 2.75) is 19.4 Å². The van der Waals surface area contributed by atoms with Gasteiger partial charge < -0.3 is 19.6 Å². The molecule has 16 heavy (non-hydrogen) atoms. The Kier molecular flexibility index (Phi) is 3.88. The van der Waals surface area contributed by atoms with Crippen LogP contribution in [0.1, 0.15) is 12.6 Å². The lowest BCUT2D eigenvalue weighted by Crippen LogP contribution is -2.53. The number of hydrogen-bond acceptors (Lipinski definition) is 2. The molecule has 0 spiro atoms. The van der Waals surface area contributed by atoms with Gasteiger partial charge in [-0.05, 0) is 19.1 Å². The van der Waals surface area contributed by atoms with E-state index in [1.54, 1.807) is 6.20 Å². The van der Waals surface area contributed by atoms with Gasteiger partial charge in [-0.25, -0.2) is 4.79 Å². The molecule has 90 valence electrons. The summed E-state index contributed by atoms with van der Waals surface area (Å²) in [5.74, 6) is -0.785. The molecule has 0 unspecified atom stereocenters. The van der Waals surface area contributed by atoms with Crippen molar-refractivity contribution in [2.24, 2.45) is 0 Å². The van der Waals surface area contributed by atoms with Crippen LogP contribution < -0.4 is 0 Å². The van der Waals surface area contributed by atoms with Crippen molar-refractivity contribution in [3.63, 3.8) is 0 Å². The number of imidazole rings is 1. The highest BCUT2D eigenvalue weighted by Gasteiger charge is 2.33. The molecule has 0 aliphatic heterocycles. The Labute approximate surface area is 99.7 Å². The topological polar surface area (TPSA) is 68.9 Å². The van der Waals surface area contributed by atoms with Crippen LogP contribution in [0.2, 0.25) is 0 Å². The molecule has 6 heteroatoms. The van der Waals surface area contributed by atoms with Crippen LogP contribution in [-0.2, 0) is 11.2 Å². The molecule has 0 saturated carbocycles. The van der Waals surface area contributed by atoms with Crippen molar-refractivity contribution in [1.82, 2.24) is 9.97 Å². The molecule has 0 aliphatic carbocycles. The van der Waals surface area contributed by atoms with Gasteiger partial charge in [0.25, 0.3) is 0 Å². The monoisotopic (exact) mass is 243 g/mol. The zero-order valence-corrected chi connectivity index (χ0v) is 10.6. The zero-order chi connectivity index (χ0) is 12.3. The van der Waals surface area contributed by atoms with Gasteiger partial charge in [0.2, 0.25) is 0 Å². The lowest BCUT2D eigenvalue weighted by Gasteiger charge is -2.34. The first-order valence-corrected chi connectivity index (χ1v) is 5.59. The first kappa shape index (κ1) is 12.9. The van der Waals surface area contributed by atoms with Gasteiger partial charge in [-0.1, -0.05) is 0 Å². The third-order valence-electron chi connectivity index (χ3n) is 3.01. The Morgan fingerprint density at radius 3 is 2.62 bits per heavy atom. The molecule has 0 amide bonds. The first-order valence-electron chi connectivity index (χ1n) is 5.19. The number of aliphatic carboxylic acids is 1. The van der Waals surface area contributed by atoms with Gasteiger partial charge in [0.15, 0.2) is 10.8 Å². The van der Waals surface area contributed by atoms with Crippen molar-refractivity contribution < 1.29 is 14.4 Å². The average molecular weight is 243 g/mol. The summed E-state index contributed by atoms with van der Waals surface area (Å²) in [4.78, 5) is 17.0. The van der Waals surface area contributed by atoms with Crippen LogP contribution in [0.15, 0.2) is 6.20 Å². The molecular formula is C10H18N3O2S+. The maximum absolute atomic E-state index is 11.3. The van der Waals surface area contributed by atoms with Crippen LogP contribution in [0, 0.1) is 4.77 Å². The Morgan fingerprint density at radius 2 is 2.25 bits per heavy atom. The van der Waals surface area contributed by atoms with E-state index in [1.807, 2.05) is 21.0 Å². The number of likely N-dealkylation sites (N-methyl/N-ethyl adjacent to an activating group) is 1. The number of nitrogens with one attached hydrogen (secondary N) is 2. The molecule has 0 aliphatic rings. The van der Waals surface area contributed by atoms with E-state index in [0.29, 0.717) is 15.7 Å². The molecule has 0 saturated heterocycles. The SMILES string of the molecule is C[11CH2][N+](C)(C)[C@@H](Cc1c[nH]c(=S)[nH]1)C(=O)O. The van der Waals surface area contributed by atoms with Crippen LogP contribution in [0.3, 0.4) is 0 Å². The maximum Gasteiger partial charge on any atom is 0.362 e. The Bertz CT molecular complexity index is 422. The molecule has 1 aromatic heterocycles. The standard InChI is InChI=1S/C10H17N3O2S/c1-4-13(2,3)8(9(14)15)5-7-6-11-10(16)12-7/h6,8H,4-5H2,1-3H3,(H2-,11,12,14,15,16)/p+1/t8-/m0/s1/i4-1. The summed E-state index contributed by atoms with van der Waals surface area (Å²) in [6, 6.07) is -0.466. The summed E-state index contributed by atoms with van der Waals surface area (Å²) >= 11 is 4.91. The summed E-state index contributed by atoms with van der Waals surface area (Å²) in [7, 11) is 3.83. The first-order chi connectivity index (χ1) is 7.36. The molecule has 0 aromatic carbocycles. The molecule has 5 nitrogen and oxygen atoms in total. The van der Waals surface area contributed by atoms with Crippen molar-refractivity contribution in [3.8, 4) is 0 Å². The van der Waals surface area contributed by atoms with Gasteiger partial charge >= 0.3 is 5.97 Å². The molecule has 0 fully saturated rings. The molecule has 1 rings (SSSR count). The highest BCUT2D eigenvalue weighted by atomic mass is 32.1. The third kappa shape index (κ3) is 2.93. The quantitative estimate of drug-likeness (QED) is 0.537. The van der Waals surface area contributed by atoms with Gasteiger partial charge in [0, 0.05) is 11.9 Å². The second-order valence-corrected chi connectivity index (χ2v) is 4.83. The minimum atomic E-state index is -0.785. The smallest absolute Gasteiger partial charge is 0.362 e. The van der Waals surface area contributed by atoms with E-state index in [-0.39, 0.29) is 0 Å². The van der Waals surface area contributed by atoms with E-state index in [1.165, 1.54) is 0 Å². The number of hydrogen-bond donors (Lipinski definition) is 3. The minimum absolute atomic E-state index is 0.446. The van der Waals surface area contributed by atoms with Crippen molar-refractivity contribution in [3.05, 3.63) is 16.7 Å². The fraction of sp³-hybridized carbons (Fsp3) is 0.600. The third-order valence-corrected chi connectivity index (χ3v) is 3.23. The number of aromatic nitrogens is 2. The minimum Gasteiger partial charge on any atom is -0.477 e. The summed E-state index contributed by atoms with van der Waals surface area (Å²) in [6.07, 6.45) is 2.18. The van der Waals surface area contributed by atoms with Gasteiger partial charge in [0.1, 0.15) is 0 Å². The predicted octanol–water partition coefficient (Wildman–Crippen LogP) is 1.16. The fourth-order valence-electron chi connectivity index (χ4n) is 1.54. The summed E-state index contributed by atoms with van der Waals surface area (Å²) in [5, 5.41) is 9.24. The Balaban J connectivity index is 2.88. The van der Waals surface area contributed by atoms with Gasteiger partial charge in [-0.3, -0.25) is 0 Å².